The van der Waals surface area contributed by atoms with Gasteiger partial charge in [0.2, 0.25) is 15.9 Å². The summed E-state index contributed by atoms with van der Waals surface area (Å²) in [4.78, 5) is 15.1. The molecule has 1 aromatic heterocycles. The zero-order valence-corrected chi connectivity index (χ0v) is 18.7. The van der Waals surface area contributed by atoms with Crippen LogP contribution in [0, 0.1) is 17.2 Å². The molecule has 1 N–H and O–H groups in total. The van der Waals surface area contributed by atoms with E-state index in [0.717, 1.165) is 10.9 Å². The van der Waals surface area contributed by atoms with E-state index < -0.39 is 10.0 Å². The number of hydrogen-bond acceptors (Lipinski definition) is 5. The SMILES string of the molecule is CCN(Cc1cccc(C#N)c1)C(=O)C1CCN(S(=O)(=O)c2ccc3cn[nH]c3c2)CC1. The number of nitrogens with one attached hydrogen (secondary N) is 1. The summed E-state index contributed by atoms with van der Waals surface area (Å²) < 4.78 is 27.6. The van der Waals surface area contributed by atoms with Gasteiger partial charge < -0.3 is 4.90 Å². The molecule has 0 bridgehead atoms. The lowest BCUT2D eigenvalue weighted by Crippen LogP contribution is -2.44. The number of carbonyl (C=O) groups is 1. The molecule has 9 heteroatoms. The number of rotatable bonds is 6. The number of H-pyrrole nitrogens is 1. The monoisotopic (exact) mass is 451 g/mol. The van der Waals surface area contributed by atoms with Gasteiger partial charge in [0.1, 0.15) is 0 Å². The van der Waals surface area contributed by atoms with Crippen molar-refractivity contribution in [1.82, 2.24) is 19.4 Å². The average Bonchev–Trinajstić information content (AvgIpc) is 3.30. The second-order valence-corrected chi connectivity index (χ2v) is 9.90. The van der Waals surface area contributed by atoms with Crippen molar-refractivity contribution in [2.24, 2.45) is 5.92 Å². The Morgan fingerprint density at radius 3 is 2.75 bits per heavy atom. The maximum atomic E-state index is 13.1. The first-order valence-corrected chi connectivity index (χ1v) is 12.1. The van der Waals surface area contributed by atoms with Gasteiger partial charge in [0.25, 0.3) is 0 Å². The Morgan fingerprint density at radius 2 is 2.03 bits per heavy atom. The van der Waals surface area contributed by atoms with E-state index in [9.17, 15) is 13.2 Å². The van der Waals surface area contributed by atoms with Crippen LogP contribution in [0.1, 0.15) is 30.9 Å². The van der Waals surface area contributed by atoms with Crippen LogP contribution in [0.25, 0.3) is 10.9 Å². The van der Waals surface area contributed by atoms with Crippen molar-refractivity contribution in [3.8, 4) is 6.07 Å². The maximum absolute atomic E-state index is 13.1. The van der Waals surface area contributed by atoms with Crippen LogP contribution in [-0.2, 0) is 21.4 Å². The fourth-order valence-corrected chi connectivity index (χ4v) is 5.63. The van der Waals surface area contributed by atoms with Crippen LogP contribution in [0.5, 0.6) is 0 Å². The number of aromatic amines is 1. The van der Waals surface area contributed by atoms with Crippen LogP contribution in [0.3, 0.4) is 0 Å². The lowest BCUT2D eigenvalue weighted by molar-refractivity contribution is -0.137. The topological polar surface area (TPSA) is 110 Å². The minimum atomic E-state index is -3.63. The van der Waals surface area contributed by atoms with Crippen molar-refractivity contribution in [3.05, 3.63) is 59.8 Å². The summed E-state index contributed by atoms with van der Waals surface area (Å²) in [6, 6.07) is 14.3. The summed E-state index contributed by atoms with van der Waals surface area (Å²) in [5.74, 6) is -0.179. The Balaban J connectivity index is 1.41. The second kappa shape index (κ2) is 9.10. The molecule has 0 radical (unpaired) electrons. The number of hydrogen-bond donors (Lipinski definition) is 1. The van der Waals surface area contributed by atoms with Crippen LogP contribution in [-0.4, -0.2) is 53.4 Å². The molecule has 1 aliphatic rings. The molecule has 2 heterocycles. The van der Waals surface area contributed by atoms with E-state index >= 15 is 0 Å². The summed E-state index contributed by atoms with van der Waals surface area (Å²) in [5.41, 5.74) is 2.15. The molecule has 32 heavy (non-hydrogen) atoms. The van der Waals surface area contributed by atoms with Crippen molar-refractivity contribution in [1.29, 1.82) is 5.26 Å². The van der Waals surface area contributed by atoms with Crippen LogP contribution < -0.4 is 0 Å². The third kappa shape index (κ3) is 4.38. The van der Waals surface area contributed by atoms with Crippen molar-refractivity contribution >= 4 is 26.8 Å². The summed E-state index contributed by atoms with van der Waals surface area (Å²) in [6.45, 7) is 3.53. The predicted molar refractivity (Wildman–Crippen MR) is 120 cm³/mol. The molecule has 0 saturated carbocycles. The van der Waals surface area contributed by atoms with Gasteiger partial charge in [0, 0.05) is 37.5 Å². The third-order valence-electron chi connectivity index (χ3n) is 5.98. The molecule has 2 aromatic carbocycles. The Labute approximate surface area is 187 Å². The highest BCUT2D eigenvalue weighted by Gasteiger charge is 2.33. The largest absolute Gasteiger partial charge is 0.338 e. The minimum absolute atomic E-state index is 0.0331. The first kappa shape index (κ1) is 22.0. The Morgan fingerprint density at radius 1 is 1.25 bits per heavy atom. The molecule has 1 saturated heterocycles. The van der Waals surface area contributed by atoms with E-state index in [1.807, 2.05) is 19.1 Å². The highest BCUT2D eigenvalue weighted by molar-refractivity contribution is 7.89. The van der Waals surface area contributed by atoms with Crippen LogP contribution >= 0.6 is 0 Å². The minimum Gasteiger partial charge on any atom is -0.338 e. The lowest BCUT2D eigenvalue weighted by Gasteiger charge is -2.33. The van der Waals surface area contributed by atoms with E-state index in [4.69, 9.17) is 5.26 Å². The van der Waals surface area contributed by atoms with E-state index in [1.165, 1.54) is 4.31 Å². The predicted octanol–water partition coefficient (Wildman–Crippen LogP) is 2.88. The fraction of sp³-hybridized carbons (Fsp3) is 0.348. The molecule has 0 atom stereocenters. The smallest absolute Gasteiger partial charge is 0.243 e. The molecule has 8 nitrogen and oxygen atoms in total. The normalized spacial score (nSPS) is 15.5. The summed E-state index contributed by atoms with van der Waals surface area (Å²) >= 11 is 0. The number of piperidine rings is 1. The molecule has 1 fully saturated rings. The summed E-state index contributed by atoms with van der Waals surface area (Å²) in [7, 11) is -3.63. The standard InChI is InChI=1S/C23H25N5O3S/c1-2-27(16-18-5-3-4-17(12-18)14-24)23(29)19-8-10-28(11-9-19)32(30,31)21-7-6-20-15-25-26-22(20)13-21/h3-7,12-13,15,19H,2,8-11,16H2,1H3,(H,25,26). The molecule has 1 amide bonds. The van der Waals surface area contributed by atoms with Gasteiger partial charge in [0.05, 0.1) is 28.2 Å². The lowest BCUT2D eigenvalue weighted by atomic mass is 9.96. The summed E-state index contributed by atoms with van der Waals surface area (Å²) in [6.07, 6.45) is 2.62. The van der Waals surface area contributed by atoms with Gasteiger partial charge in [-0.05, 0) is 55.7 Å². The Kier molecular flexibility index (Phi) is 6.26. The van der Waals surface area contributed by atoms with E-state index in [-0.39, 0.29) is 16.7 Å². The molecular weight excluding hydrogens is 426 g/mol. The van der Waals surface area contributed by atoms with Gasteiger partial charge in [-0.2, -0.15) is 14.7 Å². The van der Waals surface area contributed by atoms with Gasteiger partial charge in [-0.25, -0.2) is 8.42 Å². The Hall–Kier alpha value is -3.22. The number of aromatic nitrogens is 2. The van der Waals surface area contributed by atoms with E-state index in [1.54, 1.807) is 41.4 Å². The van der Waals surface area contributed by atoms with Gasteiger partial charge in [0.15, 0.2) is 0 Å². The Bertz CT molecular complexity index is 1270. The molecular formula is C23H25N5O3S. The molecule has 0 aliphatic carbocycles. The number of benzene rings is 2. The van der Waals surface area contributed by atoms with Crippen molar-refractivity contribution in [2.75, 3.05) is 19.6 Å². The molecule has 1 aliphatic heterocycles. The van der Waals surface area contributed by atoms with Crippen LogP contribution in [0.2, 0.25) is 0 Å². The van der Waals surface area contributed by atoms with Gasteiger partial charge in [-0.3, -0.25) is 9.89 Å². The fourth-order valence-electron chi connectivity index (χ4n) is 4.13. The highest BCUT2D eigenvalue weighted by atomic mass is 32.2. The third-order valence-corrected chi connectivity index (χ3v) is 7.87. The van der Waals surface area contributed by atoms with Crippen LogP contribution in [0.4, 0.5) is 0 Å². The average molecular weight is 452 g/mol. The molecule has 3 aromatic rings. The summed E-state index contributed by atoms with van der Waals surface area (Å²) in [5, 5.41) is 16.7. The number of nitriles is 1. The number of carbonyl (C=O) groups excluding carboxylic acids is 1. The number of amides is 1. The van der Waals surface area contributed by atoms with Crippen molar-refractivity contribution in [3.63, 3.8) is 0 Å². The zero-order chi connectivity index (χ0) is 22.7. The molecule has 166 valence electrons. The second-order valence-electron chi connectivity index (χ2n) is 7.96. The number of sulfonamides is 1. The molecule has 0 spiro atoms. The first-order chi connectivity index (χ1) is 15.4. The van der Waals surface area contributed by atoms with E-state index in [0.29, 0.717) is 50.1 Å². The first-order valence-electron chi connectivity index (χ1n) is 10.6. The highest BCUT2D eigenvalue weighted by Crippen LogP contribution is 2.27. The zero-order valence-electron chi connectivity index (χ0n) is 17.9. The number of fused-ring (bicyclic) bond motifs is 1. The van der Waals surface area contributed by atoms with Gasteiger partial charge >= 0.3 is 0 Å². The van der Waals surface area contributed by atoms with Gasteiger partial charge in [-0.1, -0.05) is 12.1 Å². The quantitative estimate of drug-likeness (QED) is 0.620. The maximum Gasteiger partial charge on any atom is 0.243 e. The van der Waals surface area contributed by atoms with E-state index in [2.05, 4.69) is 16.3 Å². The number of nitrogens with zero attached hydrogens (tertiary/aromatic N) is 4. The molecule has 4 rings (SSSR count). The van der Waals surface area contributed by atoms with Crippen molar-refractivity contribution < 1.29 is 13.2 Å². The molecule has 0 unspecified atom stereocenters. The van der Waals surface area contributed by atoms with Crippen LogP contribution in [0.15, 0.2) is 53.6 Å². The van der Waals surface area contributed by atoms with Crippen molar-refractivity contribution in [2.45, 2.75) is 31.2 Å². The van der Waals surface area contributed by atoms with Gasteiger partial charge in [-0.15, -0.1) is 0 Å².